The maximum absolute atomic E-state index is 12.6. The molecule has 5 heteroatoms. The molecule has 5 nitrogen and oxygen atoms in total. The van der Waals surface area contributed by atoms with Gasteiger partial charge in [-0.1, -0.05) is 18.2 Å². The van der Waals surface area contributed by atoms with Crippen LogP contribution in [0.3, 0.4) is 0 Å². The highest BCUT2D eigenvalue weighted by molar-refractivity contribution is 5.75. The first-order chi connectivity index (χ1) is 11.4. The van der Waals surface area contributed by atoms with Gasteiger partial charge >= 0.3 is 6.09 Å². The Morgan fingerprint density at radius 1 is 1.21 bits per heavy atom. The Labute approximate surface area is 143 Å². The average molecular weight is 331 g/mol. The van der Waals surface area contributed by atoms with E-state index < -0.39 is 5.60 Å². The molecular formula is C19H25NO4. The van der Waals surface area contributed by atoms with Gasteiger partial charge < -0.3 is 14.2 Å². The summed E-state index contributed by atoms with van der Waals surface area (Å²) in [6.07, 6.45) is 2.63. The number of carbonyl (C=O) groups is 1. The third-order valence-corrected chi connectivity index (χ3v) is 4.26. The first kappa shape index (κ1) is 16.8. The number of hydrogen-bond acceptors (Lipinski definition) is 4. The average Bonchev–Trinajstić information content (AvgIpc) is 2.52. The number of nitrogens with zero attached hydrogens (tertiary/aromatic N) is 1. The first-order valence-corrected chi connectivity index (χ1v) is 8.31. The van der Waals surface area contributed by atoms with Gasteiger partial charge in [0.25, 0.3) is 0 Å². The molecule has 1 fully saturated rings. The van der Waals surface area contributed by atoms with E-state index in [1.807, 2.05) is 37.8 Å². The molecule has 0 N–H and O–H groups in total. The zero-order valence-electron chi connectivity index (χ0n) is 14.7. The predicted octanol–water partition coefficient (Wildman–Crippen LogP) is 3.49. The number of hydrogen-bond donors (Lipinski definition) is 0. The van der Waals surface area contributed by atoms with E-state index in [0.717, 1.165) is 17.7 Å². The van der Waals surface area contributed by atoms with Crippen LogP contribution in [0.4, 0.5) is 4.79 Å². The van der Waals surface area contributed by atoms with Crippen molar-refractivity contribution in [1.29, 1.82) is 0 Å². The molecule has 0 radical (unpaired) electrons. The Morgan fingerprint density at radius 3 is 2.50 bits per heavy atom. The number of amides is 1. The van der Waals surface area contributed by atoms with Crippen LogP contribution in [0.1, 0.15) is 32.8 Å². The lowest BCUT2D eigenvalue weighted by molar-refractivity contribution is -0.0510. The van der Waals surface area contributed by atoms with Crippen LogP contribution in [0, 0.1) is 0 Å². The lowest BCUT2D eigenvalue weighted by Crippen LogP contribution is -2.57. The van der Waals surface area contributed by atoms with E-state index in [2.05, 4.69) is 18.2 Å². The second kappa shape index (κ2) is 6.48. The molecular weight excluding hydrogens is 306 g/mol. The largest absolute Gasteiger partial charge is 0.497 e. The fourth-order valence-electron chi connectivity index (χ4n) is 3.21. The normalized spacial score (nSPS) is 23.5. The van der Waals surface area contributed by atoms with Gasteiger partial charge in [0.05, 0.1) is 32.4 Å². The Hall–Kier alpha value is -2.01. The van der Waals surface area contributed by atoms with Crippen LogP contribution in [0.25, 0.3) is 5.57 Å². The van der Waals surface area contributed by atoms with Crippen molar-refractivity contribution in [3.63, 3.8) is 0 Å². The minimum absolute atomic E-state index is 0.0145. The summed E-state index contributed by atoms with van der Waals surface area (Å²) in [4.78, 5) is 14.4. The van der Waals surface area contributed by atoms with E-state index in [1.165, 1.54) is 5.57 Å². The number of carbonyl (C=O) groups excluding carboxylic acids is 1. The molecule has 2 unspecified atom stereocenters. The van der Waals surface area contributed by atoms with Gasteiger partial charge in [-0.15, -0.1) is 0 Å². The van der Waals surface area contributed by atoms with Gasteiger partial charge in [0.2, 0.25) is 0 Å². The third-order valence-electron chi connectivity index (χ3n) is 4.26. The second-order valence-corrected chi connectivity index (χ2v) is 7.27. The molecule has 0 aromatic heterocycles. The zero-order chi connectivity index (χ0) is 17.3. The van der Waals surface area contributed by atoms with E-state index in [0.29, 0.717) is 13.2 Å². The second-order valence-electron chi connectivity index (χ2n) is 7.27. The van der Waals surface area contributed by atoms with Gasteiger partial charge in [-0.3, -0.25) is 4.90 Å². The molecule has 2 aliphatic heterocycles. The summed E-state index contributed by atoms with van der Waals surface area (Å²) < 4.78 is 16.4. The number of morpholine rings is 1. The molecule has 1 saturated heterocycles. The predicted molar refractivity (Wildman–Crippen MR) is 92.1 cm³/mol. The van der Waals surface area contributed by atoms with E-state index in [9.17, 15) is 4.79 Å². The van der Waals surface area contributed by atoms with E-state index in [-0.39, 0.29) is 18.2 Å². The third kappa shape index (κ3) is 3.56. The Morgan fingerprint density at radius 2 is 1.92 bits per heavy atom. The van der Waals surface area contributed by atoms with Crippen LogP contribution in [-0.4, -0.2) is 49.0 Å². The van der Waals surface area contributed by atoms with Crippen LogP contribution in [0.2, 0.25) is 0 Å². The Kier molecular flexibility index (Phi) is 4.54. The van der Waals surface area contributed by atoms with Crippen molar-refractivity contribution in [2.75, 3.05) is 20.3 Å². The molecule has 2 heterocycles. The van der Waals surface area contributed by atoms with Crippen LogP contribution >= 0.6 is 0 Å². The first-order valence-electron chi connectivity index (χ1n) is 8.31. The van der Waals surface area contributed by atoms with Crippen molar-refractivity contribution >= 4 is 11.7 Å². The van der Waals surface area contributed by atoms with Crippen molar-refractivity contribution in [2.24, 2.45) is 0 Å². The van der Waals surface area contributed by atoms with Crippen molar-refractivity contribution in [3.05, 3.63) is 35.9 Å². The highest BCUT2D eigenvalue weighted by atomic mass is 16.6. The molecule has 1 amide bonds. The standard InChI is InChI=1S/C19H25NO4/c1-19(2,3)24-18(21)20-15-9-14(10-16(20)12-23-11-15)13-5-7-17(22-4)8-6-13/h5-9,15-16H,10-12H2,1-4H3. The van der Waals surface area contributed by atoms with Gasteiger partial charge in [0.1, 0.15) is 11.4 Å². The quantitative estimate of drug-likeness (QED) is 0.832. The van der Waals surface area contributed by atoms with Gasteiger partial charge in [-0.25, -0.2) is 4.79 Å². The SMILES string of the molecule is COc1ccc(C2=CC3COCC(C2)N3C(=O)OC(C)(C)C)cc1. The number of fused-ring (bicyclic) bond motifs is 2. The molecule has 1 aromatic carbocycles. The molecule has 1 aromatic rings. The van der Waals surface area contributed by atoms with E-state index >= 15 is 0 Å². The fourth-order valence-corrected chi connectivity index (χ4v) is 3.21. The lowest BCUT2D eigenvalue weighted by atomic mass is 9.90. The molecule has 3 rings (SSSR count). The van der Waals surface area contributed by atoms with Crippen LogP contribution < -0.4 is 4.74 Å². The highest BCUT2D eigenvalue weighted by Gasteiger charge is 2.40. The minimum atomic E-state index is -0.494. The summed E-state index contributed by atoms with van der Waals surface area (Å²) >= 11 is 0. The summed E-state index contributed by atoms with van der Waals surface area (Å²) in [5, 5.41) is 0. The zero-order valence-corrected chi connectivity index (χ0v) is 14.7. The maximum Gasteiger partial charge on any atom is 0.411 e. The summed E-state index contributed by atoms with van der Waals surface area (Å²) in [6.45, 7) is 6.72. The van der Waals surface area contributed by atoms with Crippen molar-refractivity contribution < 1.29 is 19.0 Å². The molecule has 0 aliphatic carbocycles. The summed E-state index contributed by atoms with van der Waals surface area (Å²) in [6, 6.07) is 7.98. The fraction of sp³-hybridized carbons (Fsp3) is 0.526. The van der Waals surface area contributed by atoms with Gasteiger partial charge in [-0.2, -0.15) is 0 Å². The van der Waals surface area contributed by atoms with Crippen LogP contribution in [0.5, 0.6) is 5.75 Å². The van der Waals surface area contributed by atoms with Gasteiger partial charge in [0.15, 0.2) is 0 Å². The van der Waals surface area contributed by atoms with Gasteiger partial charge in [0, 0.05) is 0 Å². The minimum Gasteiger partial charge on any atom is -0.497 e. The number of benzene rings is 1. The maximum atomic E-state index is 12.6. The molecule has 2 bridgehead atoms. The van der Waals surface area contributed by atoms with Crippen molar-refractivity contribution in [3.8, 4) is 5.75 Å². The topological polar surface area (TPSA) is 48.0 Å². The number of methoxy groups -OCH3 is 1. The highest BCUT2D eigenvalue weighted by Crippen LogP contribution is 2.34. The number of rotatable bonds is 2. The molecule has 2 atom stereocenters. The van der Waals surface area contributed by atoms with Gasteiger partial charge in [-0.05, 0) is 50.5 Å². The van der Waals surface area contributed by atoms with Crippen LogP contribution in [0.15, 0.2) is 30.3 Å². The molecule has 2 aliphatic rings. The molecule has 24 heavy (non-hydrogen) atoms. The molecule has 0 saturated carbocycles. The summed E-state index contributed by atoms with van der Waals surface area (Å²) in [7, 11) is 1.66. The Balaban J connectivity index is 1.82. The monoisotopic (exact) mass is 331 g/mol. The summed E-state index contributed by atoms with van der Waals surface area (Å²) in [5.74, 6) is 0.842. The number of ether oxygens (including phenoxy) is 3. The molecule has 0 spiro atoms. The summed E-state index contributed by atoms with van der Waals surface area (Å²) in [5.41, 5.74) is 1.92. The van der Waals surface area contributed by atoms with Crippen molar-refractivity contribution in [1.82, 2.24) is 4.90 Å². The van der Waals surface area contributed by atoms with Crippen LogP contribution in [-0.2, 0) is 9.47 Å². The lowest BCUT2D eigenvalue weighted by Gasteiger charge is -2.44. The smallest absolute Gasteiger partial charge is 0.411 e. The van der Waals surface area contributed by atoms with E-state index in [1.54, 1.807) is 7.11 Å². The van der Waals surface area contributed by atoms with Crippen molar-refractivity contribution in [2.45, 2.75) is 44.9 Å². The molecule has 130 valence electrons. The Bertz CT molecular complexity index is 630. The van der Waals surface area contributed by atoms with E-state index in [4.69, 9.17) is 14.2 Å².